The fourth-order valence-corrected chi connectivity index (χ4v) is 3.54. The Morgan fingerprint density at radius 3 is 2.36 bits per heavy atom. The van der Waals surface area contributed by atoms with Crippen LogP contribution in [0.4, 0.5) is 10.5 Å². The van der Waals surface area contributed by atoms with Crippen LogP contribution in [0, 0.1) is 0 Å². The fraction of sp³-hybridized carbons (Fsp3) is 0.278. The first-order valence-corrected chi connectivity index (χ1v) is 9.14. The molecule has 0 aromatic heterocycles. The van der Waals surface area contributed by atoms with Gasteiger partial charge in [-0.05, 0) is 29.8 Å². The molecule has 0 aliphatic carbocycles. The number of urea groups is 1. The highest BCUT2D eigenvalue weighted by atomic mass is 35.5. The predicted octanol–water partition coefficient (Wildman–Crippen LogP) is 4.68. The molecule has 1 aliphatic rings. The van der Waals surface area contributed by atoms with Gasteiger partial charge in [0.1, 0.15) is 0 Å². The van der Waals surface area contributed by atoms with Gasteiger partial charge in [0.05, 0.1) is 10.7 Å². The van der Waals surface area contributed by atoms with E-state index in [4.69, 9.17) is 34.8 Å². The first kappa shape index (κ1) is 18.2. The first-order valence-electron chi connectivity index (χ1n) is 8.01. The number of halogens is 3. The molecule has 0 saturated carbocycles. The monoisotopic (exact) mass is 397 g/mol. The number of amides is 2. The maximum Gasteiger partial charge on any atom is 0.317 e. The lowest BCUT2D eigenvalue weighted by atomic mass is 10.2. The molecule has 0 atom stereocenters. The summed E-state index contributed by atoms with van der Waals surface area (Å²) in [6.07, 6.45) is 0. The highest BCUT2D eigenvalue weighted by molar-refractivity contribution is 6.36. The van der Waals surface area contributed by atoms with E-state index in [2.05, 4.69) is 10.2 Å². The Labute approximate surface area is 162 Å². The molecule has 1 aliphatic heterocycles. The second-order valence-electron chi connectivity index (χ2n) is 5.82. The summed E-state index contributed by atoms with van der Waals surface area (Å²) in [6, 6.07) is 12.9. The third-order valence-corrected chi connectivity index (χ3v) is 5.11. The Balaban J connectivity index is 1.53. The summed E-state index contributed by atoms with van der Waals surface area (Å²) in [5.74, 6) is 0. The highest BCUT2D eigenvalue weighted by Crippen LogP contribution is 2.29. The SMILES string of the molecule is O=C(NCc1ccccc1Cl)N1CCN(c2ccc(Cl)cc2Cl)CC1. The van der Waals surface area contributed by atoms with Gasteiger partial charge in [-0.3, -0.25) is 0 Å². The van der Waals surface area contributed by atoms with Crippen LogP contribution in [0.5, 0.6) is 0 Å². The number of rotatable bonds is 3. The molecule has 7 heteroatoms. The van der Waals surface area contributed by atoms with Gasteiger partial charge in [-0.2, -0.15) is 0 Å². The normalized spacial score (nSPS) is 14.5. The van der Waals surface area contributed by atoms with Gasteiger partial charge in [-0.25, -0.2) is 4.79 Å². The largest absolute Gasteiger partial charge is 0.367 e. The second kappa shape index (κ2) is 8.17. The van der Waals surface area contributed by atoms with E-state index in [0.29, 0.717) is 34.7 Å². The molecule has 3 rings (SSSR count). The van der Waals surface area contributed by atoms with E-state index < -0.39 is 0 Å². The van der Waals surface area contributed by atoms with Gasteiger partial charge < -0.3 is 15.1 Å². The number of anilines is 1. The molecule has 1 fully saturated rings. The minimum absolute atomic E-state index is 0.0817. The van der Waals surface area contributed by atoms with E-state index in [9.17, 15) is 4.79 Å². The van der Waals surface area contributed by atoms with E-state index in [-0.39, 0.29) is 6.03 Å². The molecule has 0 radical (unpaired) electrons. The highest BCUT2D eigenvalue weighted by Gasteiger charge is 2.22. The Hall–Kier alpha value is -1.62. The maximum atomic E-state index is 12.3. The third-order valence-electron chi connectivity index (χ3n) is 4.21. The average Bonchev–Trinajstić information content (AvgIpc) is 2.61. The number of carbonyl (C=O) groups is 1. The van der Waals surface area contributed by atoms with Crippen molar-refractivity contribution >= 4 is 46.5 Å². The number of carbonyl (C=O) groups excluding carboxylic acids is 1. The summed E-state index contributed by atoms with van der Waals surface area (Å²) in [4.78, 5) is 16.3. The molecule has 2 aromatic carbocycles. The van der Waals surface area contributed by atoms with Crippen molar-refractivity contribution in [1.29, 1.82) is 0 Å². The maximum absolute atomic E-state index is 12.3. The van der Waals surface area contributed by atoms with Gasteiger partial charge in [0.2, 0.25) is 0 Å². The van der Waals surface area contributed by atoms with Crippen molar-refractivity contribution in [1.82, 2.24) is 10.2 Å². The van der Waals surface area contributed by atoms with Crippen LogP contribution in [0.2, 0.25) is 15.1 Å². The van der Waals surface area contributed by atoms with Crippen LogP contribution in [-0.4, -0.2) is 37.1 Å². The van der Waals surface area contributed by atoms with Crippen LogP contribution in [0.1, 0.15) is 5.56 Å². The van der Waals surface area contributed by atoms with E-state index in [1.807, 2.05) is 36.4 Å². The van der Waals surface area contributed by atoms with Crippen molar-refractivity contribution in [3.8, 4) is 0 Å². The Morgan fingerprint density at radius 2 is 1.68 bits per heavy atom. The number of nitrogens with one attached hydrogen (secondary N) is 1. The van der Waals surface area contributed by atoms with Gasteiger partial charge in [0, 0.05) is 42.8 Å². The van der Waals surface area contributed by atoms with Gasteiger partial charge in [-0.15, -0.1) is 0 Å². The minimum Gasteiger partial charge on any atom is -0.367 e. The summed E-state index contributed by atoms with van der Waals surface area (Å²) >= 11 is 18.3. The molecular formula is C18H18Cl3N3O. The lowest BCUT2D eigenvalue weighted by Crippen LogP contribution is -2.51. The summed E-state index contributed by atoms with van der Waals surface area (Å²) in [7, 11) is 0. The number of hydrogen-bond acceptors (Lipinski definition) is 2. The smallest absolute Gasteiger partial charge is 0.317 e. The molecule has 0 spiro atoms. The van der Waals surface area contributed by atoms with E-state index in [1.54, 1.807) is 11.0 Å². The molecule has 2 amide bonds. The van der Waals surface area contributed by atoms with Crippen molar-refractivity contribution in [2.75, 3.05) is 31.1 Å². The van der Waals surface area contributed by atoms with Crippen LogP contribution in [-0.2, 0) is 6.54 Å². The van der Waals surface area contributed by atoms with Gasteiger partial charge in [0.25, 0.3) is 0 Å². The molecular weight excluding hydrogens is 381 g/mol. The van der Waals surface area contributed by atoms with E-state index in [1.165, 1.54) is 0 Å². The fourth-order valence-electron chi connectivity index (χ4n) is 2.81. The van der Waals surface area contributed by atoms with E-state index >= 15 is 0 Å². The zero-order chi connectivity index (χ0) is 17.8. The average molecular weight is 399 g/mol. The lowest BCUT2D eigenvalue weighted by Gasteiger charge is -2.36. The number of piperazine rings is 1. The molecule has 4 nitrogen and oxygen atoms in total. The van der Waals surface area contributed by atoms with Crippen LogP contribution in [0.25, 0.3) is 0 Å². The summed E-state index contributed by atoms with van der Waals surface area (Å²) < 4.78 is 0. The van der Waals surface area contributed by atoms with Crippen LogP contribution < -0.4 is 10.2 Å². The summed E-state index contributed by atoms with van der Waals surface area (Å²) in [6.45, 7) is 3.13. The van der Waals surface area contributed by atoms with Gasteiger partial charge >= 0.3 is 6.03 Å². The second-order valence-corrected chi connectivity index (χ2v) is 7.07. The molecule has 0 bridgehead atoms. The number of benzene rings is 2. The molecule has 132 valence electrons. The standard InChI is InChI=1S/C18H18Cl3N3O/c19-14-5-6-17(16(21)11-14)23-7-9-24(10-8-23)18(25)22-12-13-3-1-2-4-15(13)20/h1-6,11H,7-10,12H2,(H,22,25). The zero-order valence-electron chi connectivity index (χ0n) is 13.5. The zero-order valence-corrected chi connectivity index (χ0v) is 15.8. The van der Waals surface area contributed by atoms with Crippen molar-refractivity contribution in [2.45, 2.75) is 6.54 Å². The Bertz CT molecular complexity index is 761. The minimum atomic E-state index is -0.0817. The molecule has 1 heterocycles. The van der Waals surface area contributed by atoms with Crippen molar-refractivity contribution < 1.29 is 4.79 Å². The lowest BCUT2D eigenvalue weighted by molar-refractivity contribution is 0.194. The van der Waals surface area contributed by atoms with Crippen LogP contribution in [0.15, 0.2) is 42.5 Å². The Morgan fingerprint density at radius 1 is 0.960 bits per heavy atom. The van der Waals surface area contributed by atoms with Crippen molar-refractivity contribution in [2.24, 2.45) is 0 Å². The number of nitrogens with zero attached hydrogens (tertiary/aromatic N) is 2. The van der Waals surface area contributed by atoms with Crippen LogP contribution >= 0.6 is 34.8 Å². The van der Waals surface area contributed by atoms with Crippen LogP contribution in [0.3, 0.4) is 0 Å². The van der Waals surface area contributed by atoms with Gasteiger partial charge in [0.15, 0.2) is 0 Å². The molecule has 1 saturated heterocycles. The third kappa shape index (κ3) is 4.51. The molecule has 2 aromatic rings. The van der Waals surface area contributed by atoms with Gasteiger partial charge in [-0.1, -0.05) is 53.0 Å². The first-order chi connectivity index (χ1) is 12.0. The quantitative estimate of drug-likeness (QED) is 0.815. The Kier molecular flexibility index (Phi) is 5.94. The summed E-state index contributed by atoms with van der Waals surface area (Å²) in [5, 5.41) is 4.83. The number of hydrogen-bond donors (Lipinski definition) is 1. The van der Waals surface area contributed by atoms with Crippen molar-refractivity contribution in [3.63, 3.8) is 0 Å². The molecule has 0 unspecified atom stereocenters. The molecule has 25 heavy (non-hydrogen) atoms. The molecule has 1 N–H and O–H groups in total. The topological polar surface area (TPSA) is 35.6 Å². The van der Waals surface area contributed by atoms with E-state index in [0.717, 1.165) is 24.3 Å². The predicted molar refractivity (Wildman–Crippen MR) is 104 cm³/mol. The van der Waals surface area contributed by atoms with Crippen molar-refractivity contribution in [3.05, 3.63) is 63.1 Å². The summed E-state index contributed by atoms with van der Waals surface area (Å²) in [5.41, 5.74) is 1.85.